The minimum atomic E-state index is -0.314. The van der Waals surface area contributed by atoms with E-state index in [2.05, 4.69) is 4.98 Å². The van der Waals surface area contributed by atoms with Crippen molar-refractivity contribution >= 4 is 28.4 Å². The second-order valence-corrected chi connectivity index (χ2v) is 5.32. The molecule has 2 aromatic heterocycles. The number of halogens is 2. The molecule has 110 valence electrons. The van der Waals surface area contributed by atoms with Crippen LogP contribution < -0.4 is 5.56 Å². The lowest BCUT2D eigenvalue weighted by molar-refractivity contribution is 0.628. The van der Waals surface area contributed by atoms with Crippen molar-refractivity contribution in [3.8, 4) is 0 Å². The van der Waals surface area contributed by atoms with Gasteiger partial charge in [0.1, 0.15) is 11.5 Å². The summed E-state index contributed by atoms with van der Waals surface area (Å²) in [7, 11) is 0. The molecular formula is C17H12ClFN2O. The van der Waals surface area contributed by atoms with Crippen LogP contribution in [0.25, 0.3) is 16.8 Å². The van der Waals surface area contributed by atoms with Gasteiger partial charge in [0.15, 0.2) is 0 Å². The number of nitrogens with zero attached hydrogens (tertiary/aromatic N) is 2. The largest absolute Gasteiger partial charge is 0.269 e. The lowest BCUT2D eigenvalue weighted by Gasteiger charge is -2.05. The SMILES string of the molecule is Cc1cccn2c(=O)cc(/C(Cl)=C/c3ccc(F)cc3)nc12. The number of pyridine rings is 1. The highest BCUT2D eigenvalue weighted by Crippen LogP contribution is 2.20. The van der Waals surface area contributed by atoms with Crippen LogP contribution in [-0.4, -0.2) is 9.38 Å². The summed E-state index contributed by atoms with van der Waals surface area (Å²) >= 11 is 6.26. The zero-order valence-electron chi connectivity index (χ0n) is 11.8. The van der Waals surface area contributed by atoms with Gasteiger partial charge >= 0.3 is 0 Å². The monoisotopic (exact) mass is 314 g/mol. The van der Waals surface area contributed by atoms with Gasteiger partial charge in [0.25, 0.3) is 5.56 Å². The molecule has 0 aliphatic rings. The normalized spacial score (nSPS) is 11.9. The second kappa shape index (κ2) is 5.73. The molecule has 0 fully saturated rings. The maximum atomic E-state index is 12.9. The van der Waals surface area contributed by atoms with E-state index >= 15 is 0 Å². The topological polar surface area (TPSA) is 34.4 Å². The highest BCUT2D eigenvalue weighted by Gasteiger charge is 2.07. The summed E-state index contributed by atoms with van der Waals surface area (Å²) in [4.78, 5) is 16.6. The zero-order chi connectivity index (χ0) is 15.7. The number of benzene rings is 1. The first-order chi connectivity index (χ1) is 10.5. The highest BCUT2D eigenvalue weighted by molar-refractivity contribution is 6.51. The van der Waals surface area contributed by atoms with E-state index in [1.165, 1.54) is 22.6 Å². The van der Waals surface area contributed by atoms with E-state index < -0.39 is 0 Å². The Kier molecular flexibility index (Phi) is 3.77. The van der Waals surface area contributed by atoms with E-state index in [4.69, 9.17) is 11.6 Å². The maximum Gasteiger partial charge on any atom is 0.258 e. The predicted octanol–water partition coefficient (Wildman–Crippen LogP) is 3.88. The molecule has 3 rings (SSSR count). The molecule has 3 nitrogen and oxygen atoms in total. The van der Waals surface area contributed by atoms with Gasteiger partial charge in [-0.05, 0) is 42.3 Å². The van der Waals surface area contributed by atoms with Crippen LogP contribution in [0.5, 0.6) is 0 Å². The zero-order valence-corrected chi connectivity index (χ0v) is 12.5. The predicted molar refractivity (Wildman–Crippen MR) is 86.3 cm³/mol. The minimum absolute atomic E-state index is 0.200. The standard InChI is InChI=1S/C17H12ClFN2O/c1-11-3-2-8-21-16(22)10-15(20-17(11)21)14(18)9-12-4-6-13(19)7-5-12/h2-10H,1H3/b14-9-. The number of hydrogen-bond acceptors (Lipinski definition) is 2. The maximum absolute atomic E-state index is 12.9. The fraction of sp³-hybridized carbons (Fsp3) is 0.0588. The molecule has 0 spiro atoms. The van der Waals surface area contributed by atoms with Crippen LogP contribution >= 0.6 is 11.6 Å². The highest BCUT2D eigenvalue weighted by atomic mass is 35.5. The molecule has 0 aliphatic carbocycles. The molecule has 0 amide bonds. The Morgan fingerprint density at radius 1 is 1.27 bits per heavy atom. The molecular weight excluding hydrogens is 303 g/mol. The molecule has 5 heteroatoms. The van der Waals surface area contributed by atoms with Gasteiger partial charge in [-0.15, -0.1) is 0 Å². The second-order valence-electron chi connectivity index (χ2n) is 4.91. The Hall–Kier alpha value is -2.46. The number of hydrogen-bond donors (Lipinski definition) is 0. The van der Waals surface area contributed by atoms with E-state index in [0.717, 1.165) is 11.1 Å². The van der Waals surface area contributed by atoms with E-state index in [-0.39, 0.29) is 11.4 Å². The Morgan fingerprint density at radius 2 is 2.00 bits per heavy atom. The molecule has 0 N–H and O–H groups in total. The quantitative estimate of drug-likeness (QED) is 0.719. The fourth-order valence-corrected chi connectivity index (χ4v) is 2.39. The van der Waals surface area contributed by atoms with E-state index in [1.807, 2.05) is 13.0 Å². The van der Waals surface area contributed by atoms with Gasteiger partial charge in [-0.25, -0.2) is 9.37 Å². The molecule has 2 heterocycles. The van der Waals surface area contributed by atoms with E-state index in [0.29, 0.717) is 16.4 Å². The molecule has 0 bridgehead atoms. The van der Waals surface area contributed by atoms with Crippen molar-refractivity contribution in [2.75, 3.05) is 0 Å². The molecule has 0 saturated heterocycles. The summed E-state index contributed by atoms with van der Waals surface area (Å²) in [5.74, 6) is -0.314. The van der Waals surface area contributed by atoms with Crippen molar-refractivity contribution < 1.29 is 4.39 Å². The van der Waals surface area contributed by atoms with Crippen LogP contribution in [0.2, 0.25) is 0 Å². The lowest BCUT2D eigenvalue weighted by Crippen LogP contribution is -2.15. The molecule has 0 aliphatic heterocycles. The Balaban J connectivity index is 2.11. The van der Waals surface area contributed by atoms with Crippen molar-refractivity contribution in [3.05, 3.63) is 81.7 Å². The Bertz CT molecular complexity index is 930. The fourth-order valence-electron chi connectivity index (χ4n) is 2.16. The number of aromatic nitrogens is 2. The van der Waals surface area contributed by atoms with Gasteiger partial charge < -0.3 is 0 Å². The van der Waals surface area contributed by atoms with Crippen LogP contribution in [0.15, 0.2) is 53.5 Å². The first-order valence-corrected chi connectivity index (χ1v) is 7.04. The average molecular weight is 315 g/mol. The van der Waals surface area contributed by atoms with Gasteiger partial charge in [-0.1, -0.05) is 29.8 Å². The third kappa shape index (κ3) is 2.78. The third-order valence-corrected chi connectivity index (χ3v) is 3.60. The number of aryl methyl sites for hydroxylation is 1. The molecule has 0 atom stereocenters. The summed E-state index contributed by atoms with van der Waals surface area (Å²) in [6, 6.07) is 11.0. The van der Waals surface area contributed by atoms with Crippen molar-refractivity contribution in [3.63, 3.8) is 0 Å². The van der Waals surface area contributed by atoms with Crippen LogP contribution in [-0.2, 0) is 0 Å². The van der Waals surface area contributed by atoms with Gasteiger partial charge in [0, 0.05) is 12.3 Å². The lowest BCUT2D eigenvalue weighted by atomic mass is 10.2. The van der Waals surface area contributed by atoms with Crippen LogP contribution in [0, 0.1) is 12.7 Å². The molecule has 0 saturated carbocycles. The first-order valence-electron chi connectivity index (χ1n) is 6.67. The van der Waals surface area contributed by atoms with Crippen LogP contribution in [0.1, 0.15) is 16.8 Å². The first kappa shape index (κ1) is 14.5. The average Bonchev–Trinajstić information content (AvgIpc) is 2.50. The van der Waals surface area contributed by atoms with Gasteiger partial charge in [0.2, 0.25) is 0 Å². The summed E-state index contributed by atoms with van der Waals surface area (Å²) in [6.45, 7) is 1.88. The van der Waals surface area contributed by atoms with Gasteiger partial charge in [-0.2, -0.15) is 0 Å². The summed E-state index contributed by atoms with van der Waals surface area (Å²) < 4.78 is 14.4. The number of rotatable bonds is 2. The van der Waals surface area contributed by atoms with Gasteiger partial charge in [-0.3, -0.25) is 9.20 Å². The van der Waals surface area contributed by atoms with Crippen LogP contribution in [0.4, 0.5) is 4.39 Å². The molecule has 22 heavy (non-hydrogen) atoms. The molecule has 0 unspecified atom stereocenters. The third-order valence-electron chi connectivity index (χ3n) is 3.29. The Morgan fingerprint density at radius 3 is 2.73 bits per heavy atom. The summed E-state index contributed by atoms with van der Waals surface area (Å²) in [6.07, 6.45) is 3.32. The summed E-state index contributed by atoms with van der Waals surface area (Å²) in [5.41, 5.74) is 2.38. The minimum Gasteiger partial charge on any atom is -0.269 e. The smallest absolute Gasteiger partial charge is 0.258 e. The van der Waals surface area contributed by atoms with Crippen LogP contribution in [0.3, 0.4) is 0 Å². The summed E-state index contributed by atoms with van der Waals surface area (Å²) in [5, 5.41) is 0.328. The van der Waals surface area contributed by atoms with Crippen molar-refractivity contribution in [2.24, 2.45) is 0 Å². The Labute approximate surface area is 131 Å². The van der Waals surface area contributed by atoms with Crippen molar-refractivity contribution in [1.82, 2.24) is 9.38 Å². The molecule has 3 aromatic rings. The van der Waals surface area contributed by atoms with E-state index in [1.54, 1.807) is 30.5 Å². The van der Waals surface area contributed by atoms with E-state index in [9.17, 15) is 9.18 Å². The molecule has 0 radical (unpaired) electrons. The van der Waals surface area contributed by atoms with Gasteiger partial charge in [0.05, 0.1) is 10.7 Å². The molecule has 1 aromatic carbocycles. The number of fused-ring (bicyclic) bond motifs is 1. The van der Waals surface area contributed by atoms with Crippen molar-refractivity contribution in [2.45, 2.75) is 6.92 Å². The van der Waals surface area contributed by atoms with Crippen molar-refractivity contribution in [1.29, 1.82) is 0 Å².